The summed E-state index contributed by atoms with van der Waals surface area (Å²) < 4.78 is 5.77. The third kappa shape index (κ3) is 1.48. The lowest BCUT2D eigenvalue weighted by Gasteiger charge is -2.16. The van der Waals surface area contributed by atoms with Crippen molar-refractivity contribution in [2.45, 2.75) is 25.7 Å². The Balaban J connectivity index is 2.23. The minimum absolute atomic E-state index is 0.0387. The van der Waals surface area contributed by atoms with Crippen LogP contribution >= 0.6 is 0 Å². The highest BCUT2D eigenvalue weighted by molar-refractivity contribution is 6.12. The number of rotatable bonds is 1. The van der Waals surface area contributed by atoms with E-state index in [1.165, 1.54) is 5.56 Å². The second-order valence-corrected chi connectivity index (χ2v) is 5.20. The molecule has 1 aliphatic rings. The molecule has 0 atom stereocenters. The highest BCUT2D eigenvalue weighted by atomic mass is 16.4. The Morgan fingerprint density at radius 3 is 2.85 bits per heavy atom. The summed E-state index contributed by atoms with van der Waals surface area (Å²) in [5, 5.41) is 11.3. The summed E-state index contributed by atoms with van der Waals surface area (Å²) in [6.07, 6.45) is 3.99. The van der Waals surface area contributed by atoms with Crippen LogP contribution in [-0.4, -0.2) is 16.1 Å². The minimum atomic E-state index is -1.03. The summed E-state index contributed by atoms with van der Waals surface area (Å²) in [6, 6.07) is 7.70. The van der Waals surface area contributed by atoms with Gasteiger partial charge in [0.05, 0.1) is 0 Å². The molecule has 2 aromatic heterocycles. The Labute approximate surface area is 115 Å². The number of carboxylic acids is 1. The molecule has 0 aliphatic heterocycles. The van der Waals surface area contributed by atoms with Gasteiger partial charge in [-0.1, -0.05) is 18.2 Å². The van der Waals surface area contributed by atoms with Crippen molar-refractivity contribution in [2.75, 3.05) is 0 Å². The monoisotopic (exact) mass is 267 g/mol. The Hall–Kier alpha value is -2.36. The lowest BCUT2D eigenvalue weighted by Crippen LogP contribution is -2.11. The van der Waals surface area contributed by atoms with Crippen LogP contribution in [0.2, 0.25) is 0 Å². The average molecular weight is 267 g/mol. The first-order valence-electron chi connectivity index (χ1n) is 6.82. The van der Waals surface area contributed by atoms with Crippen molar-refractivity contribution >= 4 is 27.9 Å². The average Bonchev–Trinajstić information content (AvgIpc) is 2.85. The number of aromatic carboxylic acids is 1. The molecule has 0 amide bonds. The van der Waals surface area contributed by atoms with Crippen molar-refractivity contribution in [1.82, 2.24) is 4.98 Å². The van der Waals surface area contributed by atoms with Gasteiger partial charge in [0, 0.05) is 16.5 Å². The summed E-state index contributed by atoms with van der Waals surface area (Å²) in [6.45, 7) is 0. The molecular formula is C16H13NO3. The third-order valence-electron chi connectivity index (χ3n) is 4.00. The molecule has 1 N–H and O–H groups in total. The highest BCUT2D eigenvalue weighted by Gasteiger charge is 2.24. The van der Waals surface area contributed by atoms with Gasteiger partial charge in [-0.25, -0.2) is 9.78 Å². The maximum atomic E-state index is 11.5. The molecule has 0 bridgehead atoms. The molecule has 1 aliphatic carbocycles. The van der Waals surface area contributed by atoms with Gasteiger partial charge in [-0.15, -0.1) is 0 Å². The molecule has 1 aromatic carbocycles. The van der Waals surface area contributed by atoms with Crippen LogP contribution in [0.5, 0.6) is 0 Å². The normalized spacial score (nSPS) is 14.6. The SMILES string of the molecule is O=C(O)c1nc2c(c3c1oc1ccccc13)CCCC2. The zero-order valence-corrected chi connectivity index (χ0v) is 10.8. The van der Waals surface area contributed by atoms with Gasteiger partial charge in [-0.3, -0.25) is 0 Å². The number of para-hydroxylation sites is 1. The molecule has 0 saturated carbocycles. The summed E-state index contributed by atoms with van der Waals surface area (Å²) >= 11 is 0. The third-order valence-corrected chi connectivity index (χ3v) is 4.00. The fourth-order valence-electron chi connectivity index (χ4n) is 3.12. The Morgan fingerprint density at radius 2 is 2.00 bits per heavy atom. The first-order chi connectivity index (χ1) is 9.75. The number of carboxylic acid groups (broad SMARTS) is 1. The number of carbonyl (C=O) groups is 1. The second-order valence-electron chi connectivity index (χ2n) is 5.20. The van der Waals surface area contributed by atoms with Crippen LogP contribution in [0.15, 0.2) is 28.7 Å². The van der Waals surface area contributed by atoms with E-state index < -0.39 is 5.97 Å². The second kappa shape index (κ2) is 4.07. The number of aryl methyl sites for hydroxylation is 2. The summed E-state index contributed by atoms with van der Waals surface area (Å²) in [5.74, 6) is -1.03. The molecule has 2 heterocycles. The van der Waals surface area contributed by atoms with Gasteiger partial charge in [-0.05, 0) is 37.3 Å². The van der Waals surface area contributed by atoms with Crippen molar-refractivity contribution in [3.63, 3.8) is 0 Å². The van der Waals surface area contributed by atoms with Crippen LogP contribution in [0, 0.1) is 0 Å². The zero-order chi connectivity index (χ0) is 13.7. The summed E-state index contributed by atoms with van der Waals surface area (Å²) in [7, 11) is 0. The number of furan rings is 1. The molecule has 0 unspecified atom stereocenters. The predicted molar refractivity (Wildman–Crippen MR) is 75.1 cm³/mol. The van der Waals surface area contributed by atoms with Gasteiger partial charge in [0.15, 0.2) is 11.3 Å². The van der Waals surface area contributed by atoms with Gasteiger partial charge in [0.2, 0.25) is 0 Å². The number of hydrogen-bond donors (Lipinski definition) is 1. The Kier molecular flexibility index (Phi) is 2.33. The molecule has 0 fully saturated rings. The molecule has 4 rings (SSSR count). The standard InChI is InChI=1S/C16H13NO3/c18-16(19)14-15-13(9-5-1-3-7-11(9)17-14)10-6-2-4-8-12(10)20-15/h2,4,6,8H,1,3,5,7H2,(H,18,19). The van der Waals surface area contributed by atoms with E-state index in [0.29, 0.717) is 5.58 Å². The van der Waals surface area contributed by atoms with E-state index in [-0.39, 0.29) is 5.69 Å². The van der Waals surface area contributed by atoms with E-state index in [2.05, 4.69) is 4.98 Å². The molecule has 4 heteroatoms. The summed E-state index contributed by atoms with van der Waals surface area (Å²) in [4.78, 5) is 15.8. The maximum absolute atomic E-state index is 11.5. The maximum Gasteiger partial charge on any atom is 0.358 e. The molecule has 100 valence electrons. The predicted octanol–water partition coefficient (Wildman–Crippen LogP) is 3.56. The number of fused-ring (bicyclic) bond motifs is 5. The van der Waals surface area contributed by atoms with Crippen LogP contribution in [0.4, 0.5) is 0 Å². The number of aromatic nitrogens is 1. The van der Waals surface area contributed by atoms with E-state index in [0.717, 1.165) is 47.7 Å². The number of pyridine rings is 1. The van der Waals surface area contributed by atoms with Crippen LogP contribution in [0.25, 0.3) is 21.9 Å². The fourth-order valence-corrected chi connectivity index (χ4v) is 3.12. The number of nitrogens with zero attached hydrogens (tertiary/aromatic N) is 1. The van der Waals surface area contributed by atoms with Gasteiger partial charge in [0.1, 0.15) is 5.58 Å². The van der Waals surface area contributed by atoms with Crippen LogP contribution in [0.1, 0.15) is 34.6 Å². The van der Waals surface area contributed by atoms with E-state index in [4.69, 9.17) is 4.42 Å². The molecule has 0 saturated heterocycles. The smallest absolute Gasteiger partial charge is 0.358 e. The number of benzene rings is 1. The van der Waals surface area contributed by atoms with Crippen LogP contribution in [-0.2, 0) is 12.8 Å². The van der Waals surface area contributed by atoms with Crippen molar-refractivity contribution in [2.24, 2.45) is 0 Å². The van der Waals surface area contributed by atoms with E-state index in [1.54, 1.807) is 0 Å². The molecule has 3 aromatic rings. The van der Waals surface area contributed by atoms with Crippen molar-refractivity contribution in [1.29, 1.82) is 0 Å². The lowest BCUT2D eigenvalue weighted by atomic mass is 9.92. The molecule has 0 radical (unpaired) electrons. The zero-order valence-electron chi connectivity index (χ0n) is 10.8. The van der Waals surface area contributed by atoms with E-state index in [1.807, 2.05) is 24.3 Å². The van der Waals surface area contributed by atoms with Crippen molar-refractivity contribution in [3.8, 4) is 0 Å². The van der Waals surface area contributed by atoms with Gasteiger partial charge >= 0.3 is 5.97 Å². The largest absolute Gasteiger partial charge is 0.476 e. The fraction of sp³-hybridized carbons (Fsp3) is 0.250. The molecule has 0 spiro atoms. The van der Waals surface area contributed by atoms with Gasteiger partial charge < -0.3 is 9.52 Å². The minimum Gasteiger partial charge on any atom is -0.476 e. The highest BCUT2D eigenvalue weighted by Crippen LogP contribution is 2.36. The van der Waals surface area contributed by atoms with E-state index in [9.17, 15) is 9.90 Å². The first-order valence-corrected chi connectivity index (χ1v) is 6.82. The molecule has 4 nitrogen and oxygen atoms in total. The van der Waals surface area contributed by atoms with Gasteiger partial charge in [-0.2, -0.15) is 0 Å². The quantitative estimate of drug-likeness (QED) is 0.732. The van der Waals surface area contributed by atoms with Crippen LogP contribution in [0.3, 0.4) is 0 Å². The van der Waals surface area contributed by atoms with E-state index >= 15 is 0 Å². The first kappa shape index (κ1) is 11.5. The van der Waals surface area contributed by atoms with Gasteiger partial charge in [0.25, 0.3) is 0 Å². The topological polar surface area (TPSA) is 63.3 Å². The van der Waals surface area contributed by atoms with Crippen molar-refractivity contribution in [3.05, 3.63) is 41.2 Å². The molecular weight excluding hydrogens is 254 g/mol. The molecule has 20 heavy (non-hydrogen) atoms. The Bertz CT molecular complexity index is 848. The van der Waals surface area contributed by atoms with Crippen LogP contribution < -0.4 is 0 Å². The number of hydrogen-bond acceptors (Lipinski definition) is 3. The Morgan fingerprint density at radius 1 is 1.20 bits per heavy atom. The summed E-state index contributed by atoms with van der Waals surface area (Å²) in [5.41, 5.74) is 3.27. The lowest BCUT2D eigenvalue weighted by molar-refractivity contribution is 0.0691. The van der Waals surface area contributed by atoms with Crippen molar-refractivity contribution < 1.29 is 14.3 Å².